The lowest BCUT2D eigenvalue weighted by atomic mass is 10.1. The van der Waals surface area contributed by atoms with Crippen LogP contribution in [0, 0.1) is 11.6 Å². The molecule has 0 aliphatic carbocycles. The first kappa shape index (κ1) is 21.1. The molecule has 1 aliphatic rings. The number of hydrogen-bond acceptors (Lipinski definition) is 3. The number of likely N-dealkylation sites (tertiary alicyclic amines) is 1. The van der Waals surface area contributed by atoms with Crippen molar-refractivity contribution in [3.63, 3.8) is 0 Å². The zero-order valence-corrected chi connectivity index (χ0v) is 15.6. The number of benzene rings is 2. The van der Waals surface area contributed by atoms with Gasteiger partial charge in [-0.3, -0.25) is 4.79 Å². The summed E-state index contributed by atoms with van der Waals surface area (Å²) in [5.41, 5.74) is 0.725. The lowest BCUT2D eigenvalue weighted by Crippen LogP contribution is -2.36. The molecular formula is C19H21ClF3N3O. The number of nitrogens with zero attached hydrogens (tertiary/aromatic N) is 1. The average molecular weight is 400 g/mol. The van der Waals surface area contributed by atoms with E-state index in [1.54, 1.807) is 12.1 Å². The lowest BCUT2D eigenvalue weighted by Gasteiger charge is -2.30. The summed E-state index contributed by atoms with van der Waals surface area (Å²) in [5.74, 6) is -1.52. The first-order valence-electron chi connectivity index (χ1n) is 8.48. The molecule has 1 amide bonds. The van der Waals surface area contributed by atoms with Crippen LogP contribution >= 0.6 is 12.0 Å². The van der Waals surface area contributed by atoms with Gasteiger partial charge in [-0.25, -0.2) is 8.78 Å². The number of amides is 1. The second-order valence-electron chi connectivity index (χ2n) is 6.35. The van der Waals surface area contributed by atoms with Crippen LogP contribution in [0.1, 0.15) is 23.2 Å². The highest BCUT2D eigenvalue weighted by atomic mass is 35.5. The molecule has 0 spiro atoms. The van der Waals surface area contributed by atoms with Crippen molar-refractivity contribution in [2.75, 3.05) is 30.8 Å². The highest BCUT2D eigenvalue weighted by molar-refractivity contribution is 6.06. The molecule has 0 bridgehead atoms. The van der Waals surface area contributed by atoms with Gasteiger partial charge in [0.1, 0.15) is 23.6 Å². The van der Waals surface area contributed by atoms with Gasteiger partial charge < -0.3 is 15.5 Å². The van der Waals surface area contributed by atoms with E-state index in [9.17, 15) is 13.6 Å². The number of carbonyl (C=O) groups excluding carboxylic acids is 1. The Bertz CT molecular complexity index is 768. The predicted octanol–water partition coefficient (Wildman–Crippen LogP) is 4.83. The minimum Gasteiger partial charge on any atom is -0.380 e. The SMILES string of the molecule is CN1CCC(Nc2cc(NC(=O)c3ccccc3F)ccc2F)CC1.FCl. The Morgan fingerprint density at radius 1 is 1.07 bits per heavy atom. The van der Waals surface area contributed by atoms with E-state index in [2.05, 4.69) is 34.5 Å². The number of nitrogens with one attached hydrogen (secondary N) is 2. The topological polar surface area (TPSA) is 44.4 Å². The second-order valence-corrected chi connectivity index (χ2v) is 6.35. The second kappa shape index (κ2) is 10.2. The molecule has 2 N–H and O–H groups in total. The van der Waals surface area contributed by atoms with E-state index in [4.69, 9.17) is 3.98 Å². The Kier molecular flexibility index (Phi) is 7.94. The van der Waals surface area contributed by atoms with Crippen LogP contribution in [0.15, 0.2) is 42.5 Å². The fourth-order valence-corrected chi connectivity index (χ4v) is 2.93. The Labute approximate surface area is 161 Å². The van der Waals surface area contributed by atoms with Crippen molar-refractivity contribution in [2.45, 2.75) is 18.9 Å². The van der Waals surface area contributed by atoms with Crippen molar-refractivity contribution < 1.29 is 17.6 Å². The van der Waals surface area contributed by atoms with Crippen molar-refractivity contribution in [1.82, 2.24) is 4.90 Å². The number of rotatable bonds is 4. The molecule has 3 rings (SSSR count). The van der Waals surface area contributed by atoms with Crippen LogP contribution in [0.4, 0.5) is 24.1 Å². The highest BCUT2D eigenvalue weighted by Gasteiger charge is 2.18. The molecule has 1 saturated heterocycles. The van der Waals surface area contributed by atoms with Crippen LogP contribution in [0.5, 0.6) is 0 Å². The van der Waals surface area contributed by atoms with Crippen molar-refractivity contribution >= 4 is 29.2 Å². The Hall–Kier alpha value is -2.25. The minimum atomic E-state index is -0.591. The van der Waals surface area contributed by atoms with E-state index < -0.39 is 11.7 Å². The number of halogens is 4. The summed E-state index contributed by atoms with van der Waals surface area (Å²) in [5, 5.41) is 5.82. The summed E-state index contributed by atoms with van der Waals surface area (Å²) < 4.78 is 36.7. The third-order valence-corrected chi connectivity index (χ3v) is 4.42. The molecule has 4 nitrogen and oxygen atoms in total. The molecule has 27 heavy (non-hydrogen) atoms. The zero-order valence-electron chi connectivity index (χ0n) is 14.8. The standard InChI is InChI=1S/C19H21F2N3O.ClF/c1-24-10-8-13(9-11-24)22-18-12-14(6-7-17(18)21)23-19(25)15-4-2-3-5-16(15)20;1-2/h2-7,12-13,22H,8-11H2,1H3,(H,23,25);. The normalized spacial score (nSPS) is 14.9. The molecule has 2 aromatic carbocycles. The smallest absolute Gasteiger partial charge is 0.258 e. The fraction of sp³-hybridized carbons (Fsp3) is 0.316. The molecular weight excluding hydrogens is 379 g/mol. The van der Waals surface area contributed by atoms with Gasteiger partial charge in [0.15, 0.2) is 0 Å². The van der Waals surface area contributed by atoms with E-state index in [-0.39, 0.29) is 17.4 Å². The van der Waals surface area contributed by atoms with Gasteiger partial charge in [0.25, 0.3) is 5.91 Å². The summed E-state index contributed by atoms with van der Waals surface area (Å²) in [6, 6.07) is 10.3. The summed E-state index contributed by atoms with van der Waals surface area (Å²) in [7, 11) is 2.07. The third-order valence-electron chi connectivity index (χ3n) is 4.42. The van der Waals surface area contributed by atoms with Crippen molar-refractivity contribution in [2.24, 2.45) is 0 Å². The summed E-state index contributed by atoms with van der Waals surface area (Å²) in [6.45, 7) is 1.92. The molecule has 0 aromatic heterocycles. The van der Waals surface area contributed by atoms with E-state index in [0.717, 1.165) is 25.9 Å². The molecule has 146 valence electrons. The quantitative estimate of drug-likeness (QED) is 0.773. The van der Waals surface area contributed by atoms with Crippen LogP contribution in [0.3, 0.4) is 0 Å². The Morgan fingerprint density at radius 2 is 1.74 bits per heavy atom. The maximum absolute atomic E-state index is 14.1. The number of carbonyl (C=O) groups is 1. The monoisotopic (exact) mass is 399 g/mol. The van der Waals surface area contributed by atoms with Gasteiger partial charge in [-0.05, 0) is 63.3 Å². The molecule has 0 atom stereocenters. The van der Waals surface area contributed by atoms with Crippen molar-refractivity contribution in [1.29, 1.82) is 0 Å². The van der Waals surface area contributed by atoms with Gasteiger partial charge in [-0.15, -0.1) is 3.98 Å². The van der Waals surface area contributed by atoms with E-state index in [1.165, 1.54) is 30.3 Å². The van der Waals surface area contributed by atoms with Crippen molar-refractivity contribution in [3.05, 3.63) is 59.7 Å². The average Bonchev–Trinajstić information content (AvgIpc) is 2.68. The molecule has 0 unspecified atom stereocenters. The van der Waals surface area contributed by atoms with Gasteiger partial charge in [-0.2, -0.15) is 0 Å². The molecule has 0 saturated carbocycles. The van der Waals surface area contributed by atoms with Gasteiger partial charge in [0.2, 0.25) is 0 Å². The maximum Gasteiger partial charge on any atom is 0.258 e. The summed E-state index contributed by atoms with van der Waals surface area (Å²) >= 11 is 3.14. The fourth-order valence-electron chi connectivity index (χ4n) is 2.93. The van der Waals surface area contributed by atoms with Gasteiger partial charge in [0.05, 0.1) is 11.3 Å². The van der Waals surface area contributed by atoms with E-state index >= 15 is 0 Å². The maximum atomic E-state index is 14.1. The van der Waals surface area contributed by atoms with Gasteiger partial charge >= 0.3 is 0 Å². The van der Waals surface area contributed by atoms with Crippen LogP contribution in [0.25, 0.3) is 0 Å². The first-order chi connectivity index (χ1) is 13.0. The van der Waals surface area contributed by atoms with Gasteiger partial charge in [0, 0.05) is 11.7 Å². The highest BCUT2D eigenvalue weighted by Crippen LogP contribution is 2.23. The Balaban J connectivity index is 0.00000126. The molecule has 1 fully saturated rings. The zero-order chi connectivity index (χ0) is 19.8. The number of piperidine rings is 1. The molecule has 8 heteroatoms. The Morgan fingerprint density at radius 3 is 2.41 bits per heavy atom. The number of anilines is 2. The molecule has 2 aromatic rings. The molecule has 1 heterocycles. The summed E-state index contributed by atoms with van der Waals surface area (Å²) in [4.78, 5) is 14.4. The van der Waals surface area contributed by atoms with Crippen LogP contribution in [0.2, 0.25) is 0 Å². The van der Waals surface area contributed by atoms with E-state index in [1.807, 2.05) is 0 Å². The van der Waals surface area contributed by atoms with Gasteiger partial charge in [-0.1, -0.05) is 12.1 Å². The van der Waals surface area contributed by atoms with Crippen LogP contribution in [-0.2, 0) is 0 Å². The largest absolute Gasteiger partial charge is 0.380 e. The van der Waals surface area contributed by atoms with E-state index in [0.29, 0.717) is 11.4 Å². The van der Waals surface area contributed by atoms with Crippen molar-refractivity contribution in [3.8, 4) is 0 Å². The lowest BCUT2D eigenvalue weighted by molar-refractivity contribution is 0.102. The summed E-state index contributed by atoms with van der Waals surface area (Å²) in [6.07, 6.45) is 1.86. The van der Waals surface area contributed by atoms with Crippen LogP contribution < -0.4 is 10.6 Å². The van der Waals surface area contributed by atoms with Crippen LogP contribution in [-0.4, -0.2) is 37.0 Å². The third kappa shape index (κ3) is 5.87. The number of hydrogen-bond donors (Lipinski definition) is 2. The molecule has 1 aliphatic heterocycles. The molecule has 0 radical (unpaired) electrons. The minimum absolute atomic E-state index is 0.0448. The first-order valence-corrected chi connectivity index (χ1v) is 8.76. The predicted molar refractivity (Wildman–Crippen MR) is 102 cm³/mol.